The molecule has 0 aromatic rings. The Morgan fingerprint density at radius 3 is 2.29 bits per heavy atom. The van der Waals surface area contributed by atoms with Gasteiger partial charge in [0, 0.05) is 13.1 Å². The first-order chi connectivity index (χ1) is 3.43. The van der Waals surface area contributed by atoms with Gasteiger partial charge >= 0.3 is 6.41 Å². The van der Waals surface area contributed by atoms with Gasteiger partial charge in [-0.3, -0.25) is 4.79 Å². The first-order valence-corrected chi connectivity index (χ1v) is 2.21. The summed E-state index contributed by atoms with van der Waals surface area (Å²) in [5, 5.41) is 0. The van der Waals surface area contributed by atoms with Crippen LogP contribution < -0.4 is 0 Å². The van der Waals surface area contributed by atoms with Crippen molar-refractivity contribution in [2.24, 2.45) is 0 Å². The number of nitrogens with zero attached hydrogens (tertiary/aromatic N) is 1. The highest BCUT2D eigenvalue weighted by atomic mass is 16.1. The maximum atomic E-state index is 9.77. The largest absolute Gasteiger partial charge is 0.327 e. The van der Waals surface area contributed by atoms with E-state index in [1.807, 2.05) is 12.2 Å². The monoisotopic (exact) mass is 96.0 g/mol. The van der Waals surface area contributed by atoms with Gasteiger partial charge in [-0.25, -0.2) is 0 Å². The molecule has 1 radical (unpaired) electrons. The lowest BCUT2D eigenvalue weighted by molar-refractivity contribution is 0.450. The van der Waals surface area contributed by atoms with Crippen molar-refractivity contribution in [3.05, 3.63) is 12.2 Å². The van der Waals surface area contributed by atoms with Gasteiger partial charge in [-0.2, -0.15) is 0 Å². The van der Waals surface area contributed by atoms with Gasteiger partial charge < -0.3 is 4.90 Å². The Bertz CT molecular complexity index is 90.3. The molecule has 0 unspecified atom stereocenters. The van der Waals surface area contributed by atoms with Crippen LogP contribution in [0.5, 0.6) is 0 Å². The number of amides is 1. The molecule has 1 heterocycles. The fraction of sp³-hybridized carbons (Fsp3) is 0.400. The Hall–Kier alpha value is -0.790. The van der Waals surface area contributed by atoms with Crippen LogP contribution in [0, 0.1) is 0 Å². The first-order valence-electron chi connectivity index (χ1n) is 2.21. The summed E-state index contributed by atoms with van der Waals surface area (Å²) in [6.45, 7) is 1.48. The van der Waals surface area contributed by atoms with Gasteiger partial charge in [0.15, 0.2) is 0 Å². The summed E-state index contributed by atoms with van der Waals surface area (Å²) in [5.74, 6) is 0. The Labute approximate surface area is 42.4 Å². The molecule has 1 aliphatic heterocycles. The maximum Gasteiger partial charge on any atom is 0.312 e. The molecule has 0 atom stereocenters. The molecule has 0 saturated heterocycles. The fourth-order valence-corrected chi connectivity index (χ4v) is 0.553. The molecule has 0 N–H and O–H groups in total. The van der Waals surface area contributed by atoms with Crippen molar-refractivity contribution in [2.45, 2.75) is 0 Å². The molecular weight excluding hydrogens is 90.1 g/mol. The Morgan fingerprint density at radius 2 is 2.00 bits per heavy atom. The topological polar surface area (TPSA) is 20.3 Å². The summed E-state index contributed by atoms with van der Waals surface area (Å²) in [6, 6.07) is 0. The van der Waals surface area contributed by atoms with E-state index in [0.717, 1.165) is 13.1 Å². The molecule has 37 valence electrons. The highest BCUT2D eigenvalue weighted by Gasteiger charge is 2.00. The lowest BCUT2D eigenvalue weighted by Crippen LogP contribution is -2.16. The Kier molecular flexibility index (Phi) is 1.11. The van der Waals surface area contributed by atoms with Crippen LogP contribution in [-0.2, 0) is 4.79 Å². The minimum absolute atomic E-state index is 0.740. The maximum absolute atomic E-state index is 9.77. The molecular formula is C5H6NO. The van der Waals surface area contributed by atoms with E-state index in [9.17, 15) is 4.79 Å². The lowest BCUT2D eigenvalue weighted by atomic mass is 10.6. The molecule has 0 fully saturated rings. The van der Waals surface area contributed by atoms with Gasteiger partial charge in [0.25, 0.3) is 0 Å². The van der Waals surface area contributed by atoms with Gasteiger partial charge in [0.05, 0.1) is 0 Å². The third-order valence-corrected chi connectivity index (χ3v) is 0.947. The highest BCUT2D eigenvalue weighted by molar-refractivity contribution is 5.49. The number of carbonyl (C=O) groups excluding carboxylic acids is 1. The molecule has 0 aromatic heterocycles. The lowest BCUT2D eigenvalue weighted by Gasteiger charge is -2.01. The number of hydrogen-bond acceptors (Lipinski definition) is 1. The first kappa shape index (κ1) is 4.37. The van der Waals surface area contributed by atoms with E-state index in [-0.39, 0.29) is 0 Å². The standard InChI is InChI=1S/C5H6NO/c7-5-6-3-1-2-4-6/h1-2H,3-4H2. The summed E-state index contributed by atoms with van der Waals surface area (Å²) in [4.78, 5) is 11.3. The van der Waals surface area contributed by atoms with E-state index >= 15 is 0 Å². The smallest absolute Gasteiger partial charge is 0.312 e. The van der Waals surface area contributed by atoms with Crippen LogP contribution in [0.3, 0.4) is 0 Å². The molecule has 0 bridgehead atoms. The predicted molar refractivity (Wildman–Crippen MR) is 26.4 cm³/mol. The quantitative estimate of drug-likeness (QED) is 0.418. The van der Waals surface area contributed by atoms with Gasteiger partial charge in [0.1, 0.15) is 0 Å². The van der Waals surface area contributed by atoms with E-state index in [2.05, 4.69) is 0 Å². The second kappa shape index (κ2) is 1.78. The number of rotatable bonds is 1. The van der Waals surface area contributed by atoms with Gasteiger partial charge in [-0.15, -0.1) is 0 Å². The van der Waals surface area contributed by atoms with E-state index in [0.29, 0.717) is 0 Å². The van der Waals surface area contributed by atoms with E-state index in [1.165, 1.54) is 0 Å². The van der Waals surface area contributed by atoms with Crippen molar-refractivity contribution >= 4 is 6.41 Å². The van der Waals surface area contributed by atoms with Crippen molar-refractivity contribution < 1.29 is 4.79 Å². The van der Waals surface area contributed by atoms with E-state index in [1.54, 1.807) is 11.3 Å². The minimum Gasteiger partial charge on any atom is -0.327 e. The molecule has 0 saturated carbocycles. The molecule has 0 aromatic carbocycles. The van der Waals surface area contributed by atoms with Crippen LogP contribution in [0.4, 0.5) is 0 Å². The van der Waals surface area contributed by atoms with E-state index in [4.69, 9.17) is 0 Å². The summed E-state index contributed by atoms with van der Waals surface area (Å²) in [7, 11) is 0. The second-order valence-corrected chi connectivity index (χ2v) is 1.47. The third-order valence-electron chi connectivity index (χ3n) is 0.947. The summed E-state index contributed by atoms with van der Waals surface area (Å²) in [6.07, 6.45) is 5.68. The molecule has 2 heteroatoms. The van der Waals surface area contributed by atoms with Crippen LogP contribution in [0.2, 0.25) is 0 Å². The Balaban J connectivity index is 2.35. The Morgan fingerprint density at radius 1 is 1.43 bits per heavy atom. The van der Waals surface area contributed by atoms with Gasteiger partial charge in [-0.05, 0) is 0 Å². The average molecular weight is 96.1 g/mol. The van der Waals surface area contributed by atoms with Crippen molar-refractivity contribution in [3.8, 4) is 0 Å². The molecule has 1 rings (SSSR count). The van der Waals surface area contributed by atoms with Gasteiger partial charge in [0.2, 0.25) is 0 Å². The summed E-state index contributed by atoms with van der Waals surface area (Å²) in [5.41, 5.74) is 0. The normalized spacial score (nSPS) is 18.0. The third kappa shape index (κ3) is 0.796. The van der Waals surface area contributed by atoms with Crippen LogP contribution in [-0.4, -0.2) is 24.4 Å². The summed E-state index contributed by atoms with van der Waals surface area (Å²) >= 11 is 0. The van der Waals surface area contributed by atoms with Gasteiger partial charge in [-0.1, -0.05) is 12.2 Å². The molecule has 0 spiro atoms. The van der Waals surface area contributed by atoms with Crippen molar-refractivity contribution in [3.63, 3.8) is 0 Å². The fourth-order valence-electron chi connectivity index (χ4n) is 0.553. The highest BCUT2D eigenvalue weighted by Crippen LogP contribution is 1.92. The molecule has 0 aliphatic carbocycles. The molecule has 7 heavy (non-hydrogen) atoms. The van der Waals surface area contributed by atoms with Crippen LogP contribution in [0.25, 0.3) is 0 Å². The van der Waals surface area contributed by atoms with Crippen LogP contribution in [0.15, 0.2) is 12.2 Å². The minimum atomic E-state index is 0.740. The summed E-state index contributed by atoms with van der Waals surface area (Å²) < 4.78 is 0. The molecule has 1 aliphatic rings. The second-order valence-electron chi connectivity index (χ2n) is 1.47. The predicted octanol–water partition coefficient (Wildman–Crippen LogP) is -0.0746. The zero-order valence-corrected chi connectivity index (χ0v) is 3.92. The average Bonchev–Trinajstić information content (AvgIpc) is 2.14. The van der Waals surface area contributed by atoms with Crippen LogP contribution >= 0.6 is 0 Å². The van der Waals surface area contributed by atoms with E-state index < -0.39 is 0 Å². The van der Waals surface area contributed by atoms with Crippen LogP contribution in [0.1, 0.15) is 0 Å². The van der Waals surface area contributed by atoms with Crippen molar-refractivity contribution in [1.82, 2.24) is 4.90 Å². The molecule has 2 nitrogen and oxygen atoms in total. The SMILES string of the molecule is O=[C]N1CC=CC1. The zero-order chi connectivity index (χ0) is 5.11. The van der Waals surface area contributed by atoms with Crippen molar-refractivity contribution in [2.75, 3.05) is 13.1 Å². The van der Waals surface area contributed by atoms with Crippen molar-refractivity contribution in [1.29, 1.82) is 0 Å². The number of hydrogen-bond donors (Lipinski definition) is 0. The molecule has 1 amide bonds. The zero-order valence-electron chi connectivity index (χ0n) is 3.92.